The molecule has 1 atom stereocenters. The number of benzene rings is 3. The molecule has 3 aromatic carbocycles. The molecule has 44 heavy (non-hydrogen) atoms. The number of halogens is 3. The number of hydrogen-bond donors (Lipinski definition) is 1. The minimum absolute atomic E-state index is 0.0652. The Labute approximate surface area is 270 Å². The molecule has 0 saturated carbocycles. The van der Waals surface area contributed by atoms with Crippen LogP contribution in [0.4, 0.5) is 11.4 Å². The summed E-state index contributed by atoms with van der Waals surface area (Å²) in [4.78, 5) is 39.1. The van der Waals surface area contributed by atoms with Crippen molar-refractivity contribution in [3.05, 3.63) is 90.9 Å². The molecule has 0 aliphatic rings. The van der Waals surface area contributed by atoms with Crippen LogP contribution in [0.5, 0.6) is 5.75 Å². The van der Waals surface area contributed by atoms with Crippen molar-refractivity contribution in [2.45, 2.75) is 44.7 Å². The summed E-state index contributed by atoms with van der Waals surface area (Å²) in [6.07, 6.45) is 0.195. The number of aryl methyl sites for hydroxylation is 1. The predicted molar refractivity (Wildman–Crippen MR) is 170 cm³/mol. The molecule has 3 rings (SSSR count). The number of methoxy groups -OCH3 is 1. The molecule has 0 radical (unpaired) electrons. The lowest BCUT2D eigenvalue weighted by Crippen LogP contribution is -2.52. The number of likely N-dealkylation sites (N-methyl/N-ethyl adjacent to an activating group) is 1. The highest BCUT2D eigenvalue weighted by molar-refractivity contribution is 7.92. The number of rotatable bonds is 13. The Hall–Kier alpha value is -3.58. The summed E-state index contributed by atoms with van der Waals surface area (Å²) in [5.41, 5.74) is 0.204. The van der Waals surface area contributed by atoms with E-state index in [4.69, 9.17) is 39.5 Å². The molecule has 0 heterocycles. The first kappa shape index (κ1) is 34.9. The third-order valence-corrected chi connectivity index (χ3v) is 9.32. The molecule has 0 spiro atoms. The highest BCUT2D eigenvalue weighted by atomic mass is 35.5. The van der Waals surface area contributed by atoms with Gasteiger partial charge in [-0.15, -0.1) is 0 Å². The maximum absolute atomic E-state index is 14.2. The van der Waals surface area contributed by atoms with Gasteiger partial charge in [-0.05, 0) is 62.2 Å². The molecule has 0 saturated heterocycles. The lowest BCUT2D eigenvalue weighted by Gasteiger charge is -2.33. The van der Waals surface area contributed by atoms with E-state index in [-0.39, 0.29) is 40.0 Å². The third-order valence-electron chi connectivity index (χ3n) is 6.75. The van der Waals surface area contributed by atoms with Crippen LogP contribution in [0.15, 0.2) is 59.5 Å². The van der Waals surface area contributed by atoms with E-state index in [9.17, 15) is 28.1 Å². The molecule has 2 amide bonds. The summed E-state index contributed by atoms with van der Waals surface area (Å²) in [6, 6.07) is 11.3. The summed E-state index contributed by atoms with van der Waals surface area (Å²) in [5.74, 6) is -1.14. The van der Waals surface area contributed by atoms with E-state index < -0.39 is 49.9 Å². The van der Waals surface area contributed by atoms with Gasteiger partial charge in [-0.25, -0.2) is 8.42 Å². The maximum Gasteiger partial charge on any atom is 0.273 e. The van der Waals surface area contributed by atoms with Crippen molar-refractivity contribution in [1.82, 2.24) is 10.2 Å². The number of nitrogens with zero attached hydrogens (tertiary/aromatic N) is 3. The van der Waals surface area contributed by atoms with Crippen LogP contribution in [0.3, 0.4) is 0 Å². The van der Waals surface area contributed by atoms with E-state index in [1.165, 1.54) is 55.3 Å². The average molecular weight is 686 g/mol. The first-order valence-electron chi connectivity index (χ1n) is 13.4. The first-order chi connectivity index (χ1) is 20.7. The topological polar surface area (TPSA) is 139 Å². The van der Waals surface area contributed by atoms with Gasteiger partial charge >= 0.3 is 0 Å². The molecule has 0 aromatic heterocycles. The second-order valence-corrected chi connectivity index (χ2v) is 12.8. The van der Waals surface area contributed by atoms with Gasteiger partial charge in [-0.2, -0.15) is 0 Å². The Bertz CT molecular complexity index is 1670. The Morgan fingerprint density at radius 2 is 1.68 bits per heavy atom. The number of ether oxygens (including phenoxy) is 1. The summed E-state index contributed by atoms with van der Waals surface area (Å²) >= 11 is 18.7. The van der Waals surface area contributed by atoms with Crippen LogP contribution in [-0.2, 0) is 26.2 Å². The first-order valence-corrected chi connectivity index (χ1v) is 15.9. The molecule has 0 aliphatic carbocycles. The molecule has 1 N–H and O–H groups in total. The lowest BCUT2D eigenvalue weighted by molar-refractivity contribution is -0.385. The zero-order chi connectivity index (χ0) is 32.8. The molecule has 0 aliphatic heterocycles. The summed E-state index contributed by atoms with van der Waals surface area (Å²) < 4.78 is 34.6. The van der Waals surface area contributed by atoms with Crippen molar-refractivity contribution in [3.63, 3.8) is 0 Å². The van der Waals surface area contributed by atoms with Crippen molar-refractivity contribution in [2.75, 3.05) is 24.5 Å². The Morgan fingerprint density at radius 1 is 1.02 bits per heavy atom. The Kier molecular flexibility index (Phi) is 11.8. The van der Waals surface area contributed by atoms with Crippen molar-refractivity contribution in [1.29, 1.82) is 0 Å². The van der Waals surface area contributed by atoms with Gasteiger partial charge in [-0.1, -0.05) is 53.9 Å². The number of carbonyl (C=O) groups is 2. The van der Waals surface area contributed by atoms with Crippen LogP contribution in [0.1, 0.15) is 31.4 Å². The number of nitrogens with one attached hydrogen (secondary N) is 1. The number of sulfonamides is 1. The average Bonchev–Trinajstić information content (AvgIpc) is 2.96. The maximum atomic E-state index is 14.2. The summed E-state index contributed by atoms with van der Waals surface area (Å²) in [6.45, 7) is 4.24. The van der Waals surface area contributed by atoms with Gasteiger partial charge in [-0.3, -0.25) is 24.0 Å². The van der Waals surface area contributed by atoms with E-state index >= 15 is 0 Å². The number of anilines is 1. The van der Waals surface area contributed by atoms with E-state index in [0.29, 0.717) is 17.1 Å². The summed E-state index contributed by atoms with van der Waals surface area (Å²) in [7, 11) is -3.34. The van der Waals surface area contributed by atoms with Gasteiger partial charge in [0.25, 0.3) is 15.7 Å². The van der Waals surface area contributed by atoms with Gasteiger partial charge in [0.15, 0.2) is 0 Å². The Morgan fingerprint density at radius 3 is 2.27 bits per heavy atom. The van der Waals surface area contributed by atoms with E-state index in [1.807, 2.05) is 0 Å². The predicted octanol–water partition coefficient (Wildman–Crippen LogP) is 6.01. The third kappa shape index (κ3) is 7.92. The van der Waals surface area contributed by atoms with E-state index in [2.05, 4.69) is 5.32 Å². The minimum Gasteiger partial charge on any atom is -0.495 e. The van der Waals surface area contributed by atoms with Gasteiger partial charge in [0.05, 0.1) is 22.6 Å². The van der Waals surface area contributed by atoms with E-state index in [0.717, 1.165) is 10.4 Å². The van der Waals surface area contributed by atoms with Gasteiger partial charge < -0.3 is 15.0 Å². The molecule has 3 aromatic rings. The molecular weight excluding hydrogens is 655 g/mol. The number of amides is 2. The normalized spacial score (nSPS) is 11.9. The Balaban J connectivity index is 2.21. The van der Waals surface area contributed by atoms with Crippen LogP contribution in [0.25, 0.3) is 0 Å². The molecule has 0 bridgehead atoms. The molecular formula is C29H31Cl3N4O7S. The summed E-state index contributed by atoms with van der Waals surface area (Å²) in [5, 5.41) is 15.1. The highest BCUT2D eigenvalue weighted by Crippen LogP contribution is 2.36. The van der Waals surface area contributed by atoms with Crippen LogP contribution in [0, 0.1) is 17.0 Å². The van der Waals surface area contributed by atoms with Crippen molar-refractivity contribution in [3.8, 4) is 5.75 Å². The van der Waals surface area contributed by atoms with Crippen LogP contribution >= 0.6 is 34.8 Å². The van der Waals surface area contributed by atoms with Crippen molar-refractivity contribution < 1.29 is 27.7 Å². The monoisotopic (exact) mass is 684 g/mol. The van der Waals surface area contributed by atoms with Gasteiger partial charge in [0, 0.05) is 39.8 Å². The van der Waals surface area contributed by atoms with Crippen molar-refractivity contribution >= 4 is 68.0 Å². The lowest BCUT2D eigenvalue weighted by atomic mass is 10.1. The van der Waals surface area contributed by atoms with Gasteiger partial charge in [0.1, 0.15) is 18.3 Å². The largest absolute Gasteiger partial charge is 0.495 e. The fourth-order valence-corrected chi connectivity index (χ4v) is 6.56. The molecule has 11 nitrogen and oxygen atoms in total. The number of carbonyl (C=O) groups excluding carboxylic acids is 2. The zero-order valence-corrected chi connectivity index (χ0v) is 27.4. The molecule has 15 heteroatoms. The number of nitro benzene ring substituents is 1. The van der Waals surface area contributed by atoms with Crippen LogP contribution in [0.2, 0.25) is 15.1 Å². The van der Waals surface area contributed by atoms with Crippen LogP contribution < -0.4 is 14.4 Å². The molecule has 0 fully saturated rings. The fraction of sp³-hybridized carbons (Fsp3) is 0.310. The second-order valence-electron chi connectivity index (χ2n) is 9.61. The number of nitro groups is 1. The van der Waals surface area contributed by atoms with Crippen LogP contribution in [-0.4, -0.2) is 56.3 Å². The number of hydrogen-bond acceptors (Lipinski definition) is 7. The fourth-order valence-electron chi connectivity index (χ4n) is 4.49. The van der Waals surface area contributed by atoms with E-state index in [1.54, 1.807) is 26.0 Å². The van der Waals surface area contributed by atoms with Gasteiger partial charge in [0.2, 0.25) is 11.8 Å². The molecule has 236 valence electrons. The second kappa shape index (κ2) is 14.9. The SMILES string of the molecule is CCNC(=O)C(CC)N(Cc1ccc(Cl)cc1Cl)C(=O)CN(c1cc(Cl)ccc1OC)S(=O)(=O)c1ccc(C)c([N+](=O)[O-])c1. The quantitative estimate of drug-likeness (QED) is 0.172. The molecule has 1 unspecified atom stereocenters. The zero-order valence-electron chi connectivity index (χ0n) is 24.3. The van der Waals surface area contributed by atoms with Crippen molar-refractivity contribution in [2.24, 2.45) is 0 Å². The smallest absolute Gasteiger partial charge is 0.273 e. The highest BCUT2D eigenvalue weighted by Gasteiger charge is 2.35. The standard InChI is InChI=1S/C29H31Cl3N4O7S/c1-5-24(29(38)33-6-2)34(16-19-8-9-20(30)13-23(19)32)28(37)17-35(26-14-21(31)10-12-27(26)43-4)44(41,42)22-11-7-18(3)25(15-22)36(39)40/h7-15,24H,5-6,16-17H2,1-4H3,(H,33,38). The minimum atomic E-state index is -4.66.